The van der Waals surface area contributed by atoms with E-state index in [2.05, 4.69) is 5.32 Å². The van der Waals surface area contributed by atoms with Gasteiger partial charge in [0.05, 0.1) is 17.0 Å². The number of carbonyl (C=O) groups is 2. The molecular formula is C25H32ClN3O4S. The van der Waals surface area contributed by atoms with Crippen molar-refractivity contribution in [2.75, 3.05) is 17.1 Å². The number of halogens is 1. The molecule has 2 aromatic rings. The predicted molar refractivity (Wildman–Crippen MR) is 135 cm³/mol. The molecule has 1 atom stereocenters. The lowest BCUT2D eigenvalue weighted by atomic mass is 9.95. The van der Waals surface area contributed by atoms with Crippen LogP contribution in [0.15, 0.2) is 54.6 Å². The summed E-state index contributed by atoms with van der Waals surface area (Å²) in [5.41, 5.74) is 1.07. The molecule has 2 aromatic carbocycles. The number of rotatable bonds is 9. The maximum absolute atomic E-state index is 13.5. The van der Waals surface area contributed by atoms with Crippen molar-refractivity contribution in [3.8, 4) is 0 Å². The fourth-order valence-electron chi connectivity index (χ4n) is 4.18. The Hall–Kier alpha value is -2.58. The van der Waals surface area contributed by atoms with Crippen LogP contribution in [-0.2, 0) is 26.2 Å². The number of hydrogen-bond donors (Lipinski definition) is 1. The molecule has 1 fully saturated rings. The van der Waals surface area contributed by atoms with E-state index in [1.54, 1.807) is 31.2 Å². The Morgan fingerprint density at radius 1 is 1.03 bits per heavy atom. The number of anilines is 1. The Balaban J connectivity index is 1.85. The Morgan fingerprint density at radius 2 is 1.65 bits per heavy atom. The second kappa shape index (κ2) is 11.7. The first kappa shape index (κ1) is 26.0. The number of carbonyl (C=O) groups excluding carboxylic acids is 2. The van der Waals surface area contributed by atoms with Gasteiger partial charge < -0.3 is 10.2 Å². The molecule has 1 aliphatic rings. The zero-order chi connectivity index (χ0) is 24.7. The second-order valence-corrected chi connectivity index (χ2v) is 11.1. The average molecular weight is 506 g/mol. The van der Waals surface area contributed by atoms with E-state index in [1.165, 1.54) is 11.3 Å². The van der Waals surface area contributed by atoms with Gasteiger partial charge in [-0.15, -0.1) is 0 Å². The van der Waals surface area contributed by atoms with Gasteiger partial charge in [0.1, 0.15) is 12.6 Å². The Kier molecular flexibility index (Phi) is 8.97. The molecular weight excluding hydrogens is 474 g/mol. The zero-order valence-electron chi connectivity index (χ0n) is 19.6. The molecule has 34 heavy (non-hydrogen) atoms. The number of nitrogens with one attached hydrogen (secondary N) is 1. The van der Waals surface area contributed by atoms with Crippen molar-refractivity contribution in [3.63, 3.8) is 0 Å². The quantitative estimate of drug-likeness (QED) is 0.558. The standard InChI is InChI=1S/C25H32ClN3O4S/c1-19(25(31)27-21-13-7-4-8-14-21)28(17-20-11-5-3-6-12-20)24(30)18-29(34(2,32)33)23-16-10-9-15-22(23)26/h3,5-6,9-12,15-16,19,21H,4,7-8,13-14,17-18H2,1-2H3,(H,27,31)/t19-/m0/s1. The highest BCUT2D eigenvalue weighted by atomic mass is 35.5. The van der Waals surface area contributed by atoms with Gasteiger partial charge in [-0.05, 0) is 37.5 Å². The lowest BCUT2D eigenvalue weighted by Gasteiger charge is -2.33. The maximum atomic E-state index is 13.5. The molecule has 0 unspecified atom stereocenters. The summed E-state index contributed by atoms with van der Waals surface area (Å²) in [5.74, 6) is -0.722. The molecule has 2 amide bonds. The van der Waals surface area contributed by atoms with Crippen molar-refractivity contribution in [2.45, 2.75) is 57.7 Å². The molecule has 184 valence electrons. The molecule has 0 radical (unpaired) electrons. The average Bonchev–Trinajstić information content (AvgIpc) is 2.81. The number of benzene rings is 2. The van der Waals surface area contributed by atoms with Crippen LogP contribution in [0.25, 0.3) is 0 Å². The van der Waals surface area contributed by atoms with Crippen LogP contribution in [0.2, 0.25) is 5.02 Å². The Morgan fingerprint density at radius 3 is 2.26 bits per heavy atom. The van der Waals surface area contributed by atoms with Gasteiger partial charge in [0, 0.05) is 12.6 Å². The Labute approximate surface area is 207 Å². The van der Waals surface area contributed by atoms with Crippen LogP contribution in [0.3, 0.4) is 0 Å². The molecule has 0 saturated heterocycles. The van der Waals surface area contributed by atoms with Crippen molar-refractivity contribution in [1.29, 1.82) is 0 Å². The minimum atomic E-state index is -3.81. The van der Waals surface area contributed by atoms with Gasteiger partial charge in [-0.1, -0.05) is 73.3 Å². The van der Waals surface area contributed by atoms with Crippen molar-refractivity contribution < 1.29 is 18.0 Å². The number of para-hydroxylation sites is 1. The third-order valence-corrected chi connectivity index (χ3v) is 7.56. The number of hydrogen-bond acceptors (Lipinski definition) is 4. The van der Waals surface area contributed by atoms with E-state index in [0.29, 0.717) is 0 Å². The molecule has 7 nitrogen and oxygen atoms in total. The molecule has 1 N–H and O–H groups in total. The second-order valence-electron chi connectivity index (χ2n) is 8.75. The SMILES string of the molecule is C[C@@H](C(=O)NC1CCCCC1)N(Cc1ccccc1)C(=O)CN(c1ccccc1Cl)S(C)(=O)=O. The number of nitrogens with zero attached hydrogens (tertiary/aromatic N) is 2. The lowest BCUT2D eigenvalue weighted by Crippen LogP contribution is -2.53. The van der Waals surface area contributed by atoms with Crippen LogP contribution in [0.4, 0.5) is 5.69 Å². The van der Waals surface area contributed by atoms with E-state index in [9.17, 15) is 18.0 Å². The fourth-order valence-corrected chi connectivity index (χ4v) is 5.33. The van der Waals surface area contributed by atoms with Gasteiger partial charge in [0.15, 0.2) is 0 Å². The van der Waals surface area contributed by atoms with Gasteiger partial charge in [-0.2, -0.15) is 0 Å². The molecule has 0 bridgehead atoms. The largest absolute Gasteiger partial charge is 0.352 e. The van der Waals surface area contributed by atoms with E-state index >= 15 is 0 Å². The first-order chi connectivity index (χ1) is 16.2. The van der Waals surface area contributed by atoms with E-state index < -0.39 is 28.5 Å². The summed E-state index contributed by atoms with van der Waals surface area (Å²) in [7, 11) is -3.81. The van der Waals surface area contributed by atoms with Crippen molar-refractivity contribution in [1.82, 2.24) is 10.2 Å². The normalized spacial score (nSPS) is 15.4. The van der Waals surface area contributed by atoms with Crippen LogP contribution in [0, 0.1) is 0 Å². The van der Waals surface area contributed by atoms with E-state index in [-0.39, 0.29) is 29.2 Å². The first-order valence-electron chi connectivity index (χ1n) is 11.5. The third kappa shape index (κ3) is 6.96. The highest BCUT2D eigenvalue weighted by Gasteiger charge is 2.31. The fraction of sp³-hybridized carbons (Fsp3) is 0.440. The van der Waals surface area contributed by atoms with Gasteiger partial charge in [0.2, 0.25) is 21.8 Å². The summed E-state index contributed by atoms with van der Waals surface area (Å²) in [4.78, 5) is 28.1. The summed E-state index contributed by atoms with van der Waals surface area (Å²) >= 11 is 6.24. The smallest absolute Gasteiger partial charge is 0.244 e. The summed E-state index contributed by atoms with van der Waals surface area (Å²) in [5, 5.41) is 3.30. The molecule has 3 rings (SSSR count). The van der Waals surface area contributed by atoms with Crippen LogP contribution in [0.1, 0.15) is 44.6 Å². The van der Waals surface area contributed by atoms with Crippen LogP contribution >= 0.6 is 11.6 Å². The van der Waals surface area contributed by atoms with E-state index in [1.807, 2.05) is 30.3 Å². The topological polar surface area (TPSA) is 86.8 Å². The number of amides is 2. The Bertz CT molecular complexity index is 1090. The van der Waals surface area contributed by atoms with Crippen molar-refractivity contribution in [3.05, 3.63) is 65.2 Å². The van der Waals surface area contributed by atoms with Gasteiger partial charge in [-0.25, -0.2) is 8.42 Å². The van der Waals surface area contributed by atoms with Crippen molar-refractivity contribution in [2.24, 2.45) is 0 Å². The molecule has 1 saturated carbocycles. The van der Waals surface area contributed by atoms with E-state index in [4.69, 9.17) is 11.6 Å². The van der Waals surface area contributed by atoms with Crippen LogP contribution in [-0.4, -0.2) is 50.0 Å². The monoisotopic (exact) mass is 505 g/mol. The number of sulfonamides is 1. The molecule has 0 aromatic heterocycles. The van der Waals surface area contributed by atoms with Crippen LogP contribution in [0.5, 0.6) is 0 Å². The van der Waals surface area contributed by atoms with Crippen LogP contribution < -0.4 is 9.62 Å². The summed E-state index contributed by atoms with van der Waals surface area (Å²) in [6.07, 6.45) is 6.22. The first-order valence-corrected chi connectivity index (χ1v) is 13.8. The molecule has 9 heteroatoms. The predicted octanol–water partition coefficient (Wildman–Crippen LogP) is 3.97. The van der Waals surface area contributed by atoms with Gasteiger partial charge in [-0.3, -0.25) is 13.9 Å². The molecule has 0 spiro atoms. The molecule has 0 heterocycles. The van der Waals surface area contributed by atoms with E-state index in [0.717, 1.165) is 41.8 Å². The zero-order valence-corrected chi connectivity index (χ0v) is 21.2. The lowest BCUT2D eigenvalue weighted by molar-refractivity contribution is -0.139. The third-order valence-electron chi connectivity index (χ3n) is 6.11. The molecule has 1 aliphatic carbocycles. The summed E-state index contributed by atoms with van der Waals surface area (Å²) in [6, 6.07) is 15.1. The summed E-state index contributed by atoms with van der Waals surface area (Å²) < 4.78 is 26.2. The summed E-state index contributed by atoms with van der Waals surface area (Å²) in [6.45, 7) is 1.40. The minimum absolute atomic E-state index is 0.105. The minimum Gasteiger partial charge on any atom is -0.352 e. The molecule has 0 aliphatic heterocycles. The highest BCUT2D eigenvalue weighted by molar-refractivity contribution is 7.92. The van der Waals surface area contributed by atoms with Gasteiger partial charge >= 0.3 is 0 Å². The maximum Gasteiger partial charge on any atom is 0.244 e. The highest BCUT2D eigenvalue weighted by Crippen LogP contribution is 2.27. The van der Waals surface area contributed by atoms with Crippen molar-refractivity contribution >= 4 is 39.1 Å². The van der Waals surface area contributed by atoms with Gasteiger partial charge in [0.25, 0.3) is 0 Å².